The molecule has 9 nitrogen and oxygen atoms in total. The van der Waals surface area contributed by atoms with Gasteiger partial charge in [0.1, 0.15) is 5.82 Å². The van der Waals surface area contributed by atoms with Gasteiger partial charge in [-0.2, -0.15) is 9.61 Å². The first-order valence-electron chi connectivity index (χ1n) is 14.8. The van der Waals surface area contributed by atoms with E-state index < -0.39 is 17.7 Å². The van der Waals surface area contributed by atoms with Gasteiger partial charge in [-0.15, -0.1) is 0 Å². The molecule has 2 aromatic heterocycles. The highest BCUT2D eigenvalue weighted by Crippen LogP contribution is 2.38. The van der Waals surface area contributed by atoms with Crippen molar-refractivity contribution in [3.8, 4) is 0 Å². The Morgan fingerprint density at radius 3 is 2.56 bits per heavy atom. The number of hydrogen-bond acceptors (Lipinski definition) is 7. The van der Waals surface area contributed by atoms with Crippen molar-refractivity contribution in [3.05, 3.63) is 57.9 Å². The van der Waals surface area contributed by atoms with Crippen molar-refractivity contribution < 1.29 is 24.1 Å². The van der Waals surface area contributed by atoms with E-state index in [0.29, 0.717) is 43.2 Å². The van der Waals surface area contributed by atoms with Gasteiger partial charge >= 0.3 is 5.97 Å². The number of piperidine rings is 1. The zero-order valence-electron chi connectivity index (χ0n) is 25.3. The lowest BCUT2D eigenvalue weighted by molar-refractivity contribution is -0.160. The maximum atomic E-state index is 12.6. The van der Waals surface area contributed by atoms with Crippen LogP contribution in [0.25, 0.3) is 5.65 Å². The van der Waals surface area contributed by atoms with Crippen LogP contribution >= 0.6 is 0 Å². The monoisotopic (exact) mass is 564 g/mol. The third-order valence-corrected chi connectivity index (χ3v) is 8.09. The minimum absolute atomic E-state index is 0.227. The average molecular weight is 565 g/mol. The van der Waals surface area contributed by atoms with Crippen LogP contribution < -0.4 is 4.90 Å². The average Bonchev–Trinajstić information content (AvgIpc) is 3.29. The minimum Gasteiger partial charge on any atom is -0.479 e. The summed E-state index contributed by atoms with van der Waals surface area (Å²) in [6, 6.07) is 8.49. The second-order valence-electron chi connectivity index (χ2n) is 12.8. The van der Waals surface area contributed by atoms with E-state index in [9.17, 15) is 9.90 Å². The van der Waals surface area contributed by atoms with Gasteiger partial charge in [-0.25, -0.2) is 9.78 Å². The Balaban J connectivity index is 1.58. The van der Waals surface area contributed by atoms with E-state index in [1.807, 2.05) is 33.8 Å². The lowest BCUT2D eigenvalue weighted by Crippen LogP contribution is -2.46. The molecule has 222 valence electrons. The summed E-state index contributed by atoms with van der Waals surface area (Å²) in [5, 5.41) is 15.2. The summed E-state index contributed by atoms with van der Waals surface area (Å²) in [6.07, 6.45) is 3.52. The van der Waals surface area contributed by atoms with Crippen molar-refractivity contribution >= 4 is 17.4 Å². The van der Waals surface area contributed by atoms with Gasteiger partial charge in [0.25, 0.3) is 0 Å². The minimum atomic E-state index is -1.19. The number of rotatable bonds is 3. The topological polar surface area (TPSA) is 98.4 Å². The van der Waals surface area contributed by atoms with Crippen LogP contribution in [0.3, 0.4) is 0 Å². The van der Waals surface area contributed by atoms with Crippen LogP contribution in [0.15, 0.2) is 24.3 Å². The molecule has 3 aromatic rings. The first-order valence-corrected chi connectivity index (χ1v) is 14.8. The van der Waals surface area contributed by atoms with Gasteiger partial charge in [0.2, 0.25) is 0 Å². The number of carboxylic acid groups (broad SMARTS) is 1. The number of nitrogens with zero attached hydrogens (tertiary/aromatic N) is 4. The number of aryl methyl sites for hydroxylation is 3. The molecule has 9 heteroatoms. The number of aromatic nitrogens is 3. The molecule has 4 bridgehead atoms. The van der Waals surface area contributed by atoms with Gasteiger partial charge in [0, 0.05) is 31.5 Å². The highest BCUT2D eigenvalue weighted by Gasteiger charge is 2.37. The standard InChI is InChI=1S/C32H44N4O5/c1-21-10-11-24-19-39-20-25-18-26-33-22(2)27(28(30(37)38)41-31(3,4)5)29(36(26)34-25)35-14-12-32(6,13-15-35)40-16-8-7-9-23(24)17-21/h10-11,17-18,28H,7-9,12-16,19-20H2,1-6H3,(H,37,38)/t28-/m0/s1. The molecular formula is C32H44N4O5. The Labute approximate surface area is 242 Å². The van der Waals surface area contributed by atoms with Crippen molar-refractivity contribution in [3.63, 3.8) is 0 Å². The normalized spacial score (nSPS) is 19.1. The molecule has 1 atom stereocenters. The third kappa shape index (κ3) is 6.74. The van der Waals surface area contributed by atoms with E-state index in [4.69, 9.17) is 24.3 Å². The van der Waals surface area contributed by atoms with Crippen LogP contribution in [0.2, 0.25) is 0 Å². The predicted octanol–water partition coefficient (Wildman–Crippen LogP) is 5.72. The third-order valence-electron chi connectivity index (χ3n) is 8.09. The summed E-state index contributed by atoms with van der Waals surface area (Å²) < 4.78 is 20.6. The quantitative estimate of drug-likeness (QED) is 0.432. The molecule has 6 rings (SSSR count). The molecule has 1 N–H and O–H groups in total. The molecule has 1 aromatic carbocycles. The van der Waals surface area contributed by atoms with Gasteiger partial charge in [-0.05, 0) is 84.8 Å². The van der Waals surface area contributed by atoms with Gasteiger partial charge in [0.05, 0.1) is 35.7 Å². The number of ether oxygens (including phenoxy) is 3. The van der Waals surface area contributed by atoms with Crippen LogP contribution in [0.5, 0.6) is 0 Å². The smallest absolute Gasteiger partial charge is 0.337 e. The predicted molar refractivity (Wildman–Crippen MR) is 157 cm³/mol. The summed E-state index contributed by atoms with van der Waals surface area (Å²) in [6.45, 7) is 14.7. The summed E-state index contributed by atoms with van der Waals surface area (Å²) in [5.41, 5.74) is 5.45. The van der Waals surface area contributed by atoms with Gasteiger partial charge in [-0.1, -0.05) is 23.8 Å². The molecule has 0 saturated carbocycles. The van der Waals surface area contributed by atoms with E-state index in [-0.39, 0.29) is 5.60 Å². The fraction of sp³-hybridized carbons (Fsp3) is 0.594. The van der Waals surface area contributed by atoms with Crippen LogP contribution in [0, 0.1) is 13.8 Å². The summed E-state index contributed by atoms with van der Waals surface area (Å²) in [7, 11) is 0. The Kier molecular flexibility index (Phi) is 8.41. The van der Waals surface area contributed by atoms with Crippen LogP contribution in [0.4, 0.5) is 5.82 Å². The highest BCUT2D eigenvalue weighted by atomic mass is 16.5. The molecule has 1 saturated heterocycles. The molecule has 5 heterocycles. The Bertz CT molecular complexity index is 1400. The first-order chi connectivity index (χ1) is 19.4. The second-order valence-corrected chi connectivity index (χ2v) is 12.8. The Morgan fingerprint density at radius 1 is 1.10 bits per heavy atom. The molecule has 3 aliphatic heterocycles. The lowest BCUT2D eigenvalue weighted by atomic mass is 9.92. The van der Waals surface area contributed by atoms with Crippen molar-refractivity contribution in [1.82, 2.24) is 14.6 Å². The highest BCUT2D eigenvalue weighted by molar-refractivity contribution is 5.78. The number of carbonyl (C=O) groups is 1. The van der Waals surface area contributed by atoms with E-state index in [2.05, 4.69) is 36.9 Å². The zero-order valence-corrected chi connectivity index (χ0v) is 25.3. The molecule has 0 spiro atoms. The molecule has 3 aliphatic rings. The Morgan fingerprint density at radius 2 is 1.85 bits per heavy atom. The van der Waals surface area contributed by atoms with Crippen molar-refractivity contribution in [2.75, 3.05) is 24.6 Å². The summed E-state index contributed by atoms with van der Waals surface area (Å²) in [4.78, 5) is 19.6. The van der Waals surface area contributed by atoms with Crippen molar-refractivity contribution in [2.24, 2.45) is 0 Å². The number of anilines is 1. The molecule has 0 unspecified atom stereocenters. The van der Waals surface area contributed by atoms with E-state index in [0.717, 1.165) is 50.2 Å². The summed E-state index contributed by atoms with van der Waals surface area (Å²) in [5.74, 6) is -0.325. The lowest BCUT2D eigenvalue weighted by Gasteiger charge is -2.41. The first kappa shape index (κ1) is 29.5. The molecule has 0 amide bonds. The van der Waals surface area contributed by atoms with Gasteiger partial charge in [0.15, 0.2) is 11.8 Å². The summed E-state index contributed by atoms with van der Waals surface area (Å²) >= 11 is 0. The van der Waals surface area contributed by atoms with Gasteiger partial charge in [-0.3, -0.25) is 0 Å². The number of hydrogen-bond donors (Lipinski definition) is 1. The SMILES string of the molecule is Cc1ccc2c(c1)CCCCOC1(C)CCN(CC1)c1c([C@H](OC(C)(C)C)C(=O)O)c(C)nc3cc(nn13)COC2. The van der Waals surface area contributed by atoms with E-state index in [1.165, 1.54) is 16.7 Å². The maximum Gasteiger partial charge on any atom is 0.337 e. The number of carboxylic acids is 1. The zero-order chi connectivity index (χ0) is 29.4. The second kappa shape index (κ2) is 11.7. The number of fused-ring (bicyclic) bond motifs is 8. The molecular weight excluding hydrogens is 520 g/mol. The molecule has 41 heavy (non-hydrogen) atoms. The molecule has 1 fully saturated rings. The van der Waals surface area contributed by atoms with Gasteiger partial charge < -0.3 is 24.2 Å². The molecule has 0 aliphatic carbocycles. The van der Waals surface area contributed by atoms with Crippen molar-refractivity contribution in [1.29, 1.82) is 0 Å². The number of benzene rings is 1. The van der Waals surface area contributed by atoms with Crippen LogP contribution in [0.1, 0.15) is 93.1 Å². The van der Waals surface area contributed by atoms with E-state index in [1.54, 1.807) is 4.52 Å². The largest absolute Gasteiger partial charge is 0.479 e. The maximum absolute atomic E-state index is 12.6. The van der Waals surface area contributed by atoms with Crippen molar-refractivity contribution in [2.45, 2.75) is 104 Å². The molecule has 0 radical (unpaired) electrons. The van der Waals surface area contributed by atoms with Crippen LogP contribution in [-0.2, 0) is 38.6 Å². The van der Waals surface area contributed by atoms with E-state index >= 15 is 0 Å². The fourth-order valence-corrected chi connectivity index (χ4v) is 5.90. The van der Waals surface area contributed by atoms with Crippen LogP contribution in [-0.4, -0.2) is 56.6 Å². The fourth-order valence-electron chi connectivity index (χ4n) is 5.90. The number of aliphatic carboxylic acids is 1. The Hall–Kier alpha value is -3.01.